The van der Waals surface area contributed by atoms with E-state index >= 15 is 0 Å². The summed E-state index contributed by atoms with van der Waals surface area (Å²) in [6.45, 7) is 4.21. The Morgan fingerprint density at radius 1 is 0.344 bits per heavy atom. The minimum Gasteiger partial charge on any atom is -0.462 e. The molecule has 0 rings (SSSR count). The van der Waals surface area contributed by atoms with E-state index in [0.717, 1.165) is 135 Å². The first kappa shape index (κ1) is 85.6. The molecule has 2 atom stereocenters. The number of carbonyl (C=O) groups excluding carboxylic acids is 2. The van der Waals surface area contributed by atoms with Crippen LogP contribution in [-0.4, -0.2) is 74.9 Å². The molecule has 0 aliphatic carbocycles. The highest BCUT2D eigenvalue weighted by molar-refractivity contribution is 7.47. The van der Waals surface area contributed by atoms with Crippen LogP contribution in [0.2, 0.25) is 0 Å². The Bertz CT molecular complexity index is 2080. The van der Waals surface area contributed by atoms with Crippen LogP contribution in [0.1, 0.15) is 284 Å². The number of likely N-dealkylation sites (N-methyl/N-ethyl adjacent to an activating group) is 1. The molecule has 2 unspecified atom stereocenters. The molecule has 0 spiro atoms. The van der Waals surface area contributed by atoms with Crippen molar-refractivity contribution in [1.82, 2.24) is 0 Å². The van der Waals surface area contributed by atoms with Crippen molar-refractivity contribution in [3.05, 3.63) is 158 Å². The van der Waals surface area contributed by atoms with Crippen molar-refractivity contribution in [3.8, 4) is 0 Å². The van der Waals surface area contributed by atoms with E-state index in [0.29, 0.717) is 17.4 Å². The Labute approximate surface area is 554 Å². The number of phosphoric acid groups is 1. The molecule has 0 saturated heterocycles. The lowest BCUT2D eigenvalue weighted by Crippen LogP contribution is -2.37. The summed E-state index contributed by atoms with van der Waals surface area (Å²) in [7, 11) is 1.46. The summed E-state index contributed by atoms with van der Waals surface area (Å²) in [5.74, 6) is -0.805. The van der Waals surface area contributed by atoms with Crippen molar-refractivity contribution in [2.45, 2.75) is 290 Å². The van der Waals surface area contributed by atoms with Gasteiger partial charge in [-0.3, -0.25) is 18.6 Å². The number of ether oxygens (including phenoxy) is 2. The van der Waals surface area contributed by atoms with E-state index < -0.39 is 26.5 Å². The van der Waals surface area contributed by atoms with Crippen LogP contribution in [0, 0.1) is 0 Å². The summed E-state index contributed by atoms with van der Waals surface area (Å²) >= 11 is 0. The number of phosphoric ester groups is 1. The van der Waals surface area contributed by atoms with Crippen LogP contribution in [0.3, 0.4) is 0 Å². The number of carbonyl (C=O) groups is 2. The first-order chi connectivity index (χ1) is 44.0. The van der Waals surface area contributed by atoms with Gasteiger partial charge in [-0.2, -0.15) is 0 Å². The quantitative estimate of drug-likeness (QED) is 0.0211. The summed E-state index contributed by atoms with van der Waals surface area (Å²) < 4.78 is 34.7. The molecule has 0 saturated carbocycles. The van der Waals surface area contributed by atoms with Gasteiger partial charge in [-0.25, -0.2) is 4.57 Å². The molecular weight excluding hydrogens is 1130 g/mol. The van der Waals surface area contributed by atoms with Gasteiger partial charge in [0.1, 0.15) is 19.8 Å². The monoisotopic (exact) mass is 1270 g/mol. The number of esters is 2. The molecule has 0 aliphatic heterocycles. The van der Waals surface area contributed by atoms with Gasteiger partial charge in [0.25, 0.3) is 0 Å². The van der Waals surface area contributed by atoms with Crippen LogP contribution in [-0.2, 0) is 32.7 Å². The van der Waals surface area contributed by atoms with E-state index in [4.69, 9.17) is 18.5 Å². The van der Waals surface area contributed by atoms with Gasteiger partial charge >= 0.3 is 19.8 Å². The average molecular weight is 1270 g/mol. The van der Waals surface area contributed by atoms with Crippen LogP contribution < -0.4 is 0 Å². The normalized spacial score (nSPS) is 14.1. The van der Waals surface area contributed by atoms with Crippen molar-refractivity contribution in [3.63, 3.8) is 0 Å². The third kappa shape index (κ3) is 72.7. The standard InChI is InChI=1S/C80H134NO8P/c1-6-8-10-12-14-16-18-20-22-24-26-28-30-32-34-36-37-38-39-40-41-42-43-45-47-49-51-53-55-57-59-61-63-65-67-69-71-73-80(83)89-78(77-88-90(84,85)87-75-74-81(3,4)5)76-86-79(82)72-70-68-66-64-62-60-58-56-54-52-50-48-46-44-35-33-31-29-27-25-23-21-19-17-15-13-11-9-7-2/h8-11,14-17,20-23,26-29,32-35,37-38,40-41,46,48,78H,6-7,12-13,18-19,24-25,30-31,36,39,42-45,47,49-77H2,1-5H3/p+1/b10-8-,11-9-,16-14-,17-15-,22-20-,23-21-,28-26-,29-27-,34-32-,35-33-,38-37-,41-40-,48-46-. The predicted molar refractivity (Wildman–Crippen MR) is 390 cm³/mol. The lowest BCUT2D eigenvalue weighted by molar-refractivity contribution is -0.870. The molecule has 1 N–H and O–H groups in total. The molecule has 0 amide bonds. The topological polar surface area (TPSA) is 108 Å². The maximum absolute atomic E-state index is 12.9. The highest BCUT2D eigenvalue weighted by Crippen LogP contribution is 2.43. The molecule has 0 aromatic carbocycles. The molecule has 512 valence electrons. The van der Waals surface area contributed by atoms with E-state index in [2.05, 4.69) is 172 Å². The molecule has 9 nitrogen and oxygen atoms in total. The molecule has 0 fully saturated rings. The Morgan fingerprint density at radius 2 is 0.600 bits per heavy atom. The highest BCUT2D eigenvalue weighted by atomic mass is 31.2. The van der Waals surface area contributed by atoms with Gasteiger partial charge < -0.3 is 18.9 Å². The Morgan fingerprint density at radius 3 is 0.889 bits per heavy atom. The summed E-state index contributed by atoms with van der Waals surface area (Å²) in [5, 5.41) is 0. The highest BCUT2D eigenvalue weighted by Gasteiger charge is 2.27. The molecule has 0 heterocycles. The molecule has 0 aliphatic rings. The van der Waals surface area contributed by atoms with Crippen LogP contribution in [0.5, 0.6) is 0 Å². The van der Waals surface area contributed by atoms with Gasteiger partial charge in [-0.05, 0) is 122 Å². The zero-order valence-electron chi connectivity index (χ0n) is 58.3. The Balaban J connectivity index is 4.07. The first-order valence-electron chi connectivity index (χ1n) is 36.2. The number of quaternary nitrogens is 1. The minimum absolute atomic E-state index is 0.0245. The summed E-state index contributed by atoms with van der Waals surface area (Å²) in [5.41, 5.74) is 0. The molecule has 0 bridgehead atoms. The van der Waals surface area contributed by atoms with E-state index in [1.54, 1.807) is 0 Å². The summed E-state index contributed by atoms with van der Waals surface area (Å²) in [6.07, 6.45) is 103. The van der Waals surface area contributed by atoms with Gasteiger partial charge in [0.15, 0.2) is 6.10 Å². The smallest absolute Gasteiger partial charge is 0.462 e. The summed E-state index contributed by atoms with van der Waals surface area (Å²) in [6, 6.07) is 0. The number of nitrogens with zero attached hydrogens (tertiary/aromatic N) is 1. The second-order valence-electron chi connectivity index (χ2n) is 24.9. The lowest BCUT2D eigenvalue weighted by atomic mass is 10.0. The number of allylic oxidation sites excluding steroid dienone is 26. The van der Waals surface area contributed by atoms with E-state index in [9.17, 15) is 19.0 Å². The van der Waals surface area contributed by atoms with Crippen molar-refractivity contribution in [2.24, 2.45) is 0 Å². The van der Waals surface area contributed by atoms with Crippen LogP contribution >= 0.6 is 7.82 Å². The molecular formula is C80H135NO8P+. The SMILES string of the molecule is CC/C=C\C/C=C\C/C=C\C/C=C\C/C=C\C/C=C\C/C=C\CCCCCCCCCCCCCCCCCC(=O)OC(COC(=O)CCCCCCCCCCCC/C=C\C/C=C\C/C=C\C/C=C\C/C=C\C/C=C\CC)COP(=O)(O)OCC[N+](C)(C)C. The van der Waals surface area contributed by atoms with Gasteiger partial charge in [-0.1, -0.05) is 307 Å². The molecule has 0 aromatic heterocycles. The van der Waals surface area contributed by atoms with Gasteiger partial charge in [0.05, 0.1) is 27.7 Å². The van der Waals surface area contributed by atoms with Crippen molar-refractivity contribution in [2.75, 3.05) is 47.5 Å². The largest absolute Gasteiger partial charge is 0.472 e. The second kappa shape index (κ2) is 69.0. The zero-order valence-corrected chi connectivity index (χ0v) is 59.2. The van der Waals surface area contributed by atoms with Crippen LogP contribution in [0.15, 0.2) is 158 Å². The first-order valence-corrected chi connectivity index (χ1v) is 37.7. The molecule has 90 heavy (non-hydrogen) atoms. The molecule has 10 heteroatoms. The van der Waals surface area contributed by atoms with Gasteiger partial charge in [-0.15, -0.1) is 0 Å². The Kier molecular flexibility index (Phi) is 65.6. The fraction of sp³-hybridized carbons (Fsp3) is 0.650. The predicted octanol–water partition coefficient (Wildman–Crippen LogP) is 23.9. The average Bonchev–Trinajstić information content (AvgIpc) is 3.58. The van der Waals surface area contributed by atoms with E-state index in [1.807, 2.05) is 21.1 Å². The maximum Gasteiger partial charge on any atom is 0.472 e. The van der Waals surface area contributed by atoms with Crippen molar-refractivity contribution >= 4 is 19.8 Å². The van der Waals surface area contributed by atoms with Crippen LogP contribution in [0.25, 0.3) is 0 Å². The fourth-order valence-corrected chi connectivity index (χ4v) is 10.3. The third-order valence-electron chi connectivity index (χ3n) is 15.1. The maximum atomic E-state index is 12.9. The second-order valence-corrected chi connectivity index (χ2v) is 26.3. The fourth-order valence-electron chi connectivity index (χ4n) is 9.59. The summed E-state index contributed by atoms with van der Waals surface area (Å²) in [4.78, 5) is 35.9. The number of hydrogen-bond acceptors (Lipinski definition) is 7. The lowest BCUT2D eigenvalue weighted by Gasteiger charge is -2.24. The minimum atomic E-state index is -4.40. The third-order valence-corrected chi connectivity index (χ3v) is 16.0. The number of hydrogen-bond donors (Lipinski definition) is 1. The van der Waals surface area contributed by atoms with Crippen molar-refractivity contribution in [1.29, 1.82) is 0 Å². The van der Waals surface area contributed by atoms with Crippen LogP contribution in [0.4, 0.5) is 0 Å². The van der Waals surface area contributed by atoms with E-state index in [-0.39, 0.29) is 32.0 Å². The van der Waals surface area contributed by atoms with Gasteiger partial charge in [0, 0.05) is 12.8 Å². The number of rotatable bonds is 65. The number of unbranched alkanes of at least 4 members (excludes halogenated alkanes) is 25. The Hall–Kier alpha value is -4.37. The van der Waals surface area contributed by atoms with Gasteiger partial charge in [0.2, 0.25) is 0 Å². The molecule has 0 aromatic rings. The molecule has 0 radical (unpaired) electrons. The zero-order chi connectivity index (χ0) is 65.5. The van der Waals surface area contributed by atoms with E-state index in [1.165, 1.54) is 116 Å². The van der Waals surface area contributed by atoms with Crippen molar-refractivity contribution < 1.29 is 42.1 Å².